The lowest BCUT2D eigenvalue weighted by atomic mass is 10.1. The van der Waals surface area contributed by atoms with Crippen molar-refractivity contribution in [1.29, 1.82) is 0 Å². The van der Waals surface area contributed by atoms with E-state index in [0.29, 0.717) is 17.0 Å². The molecule has 0 spiro atoms. The molecule has 27 heavy (non-hydrogen) atoms. The molecule has 0 unspecified atom stereocenters. The average molecular weight is 389 g/mol. The maximum atomic E-state index is 13.3. The van der Waals surface area contributed by atoms with Crippen LogP contribution in [-0.2, 0) is 6.61 Å². The Morgan fingerprint density at radius 2 is 1.93 bits per heavy atom. The number of rotatable bonds is 5. The molecule has 1 aromatic heterocycles. The largest absolute Gasteiger partial charge is 0.488 e. The van der Waals surface area contributed by atoms with E-state index < -0.39 is 11.7 Å². The minimum absolute atomic E-state index is 0.0808. The van der Waals surface area contributed by atoms with Crippen LogP contribution in [0.1, 0.15) is 32.9 Å². The molecule has 1 N–H and O–H groups in total. The molecule has 0 aliphatic rings. The molecular formula is C20H18ClFN2O3. The fourth-order valence-electron chi connectivity index (χ4n) is 2.67. The van der Waals surface area contributed by atoms with Gasteiger partial charge in [-0.1, -0.05) is 35.0 Å². The number of halogens is 2. The predicted octanol–water partition coefficient (Wildman–Crippen LogP) is 5.22. The van der Waals surface area contributed by atoms with Gasteiger partial charge in [0.05, 0.1) is 10.6 Å². The van der Waals surface area contributed by atoms with Gasteiger partial charge in [0.15, 0.2) is 5.69 Å². The topological polar surface area (TPSA) is 64.4 Å². The van der Waals surface area contributed by atoms with Gasteiger partial charge < -0.3 is 14.6 Å². The highest BCUT2D eigenvalue weighted by Crippen LogP contribution is 2.25. The number of nitrogens with one attached hydrogen (secondary N) is 1. The Hall–Kier alpha value is -2.86. The highest BCUT2D eigenvalue weighted by molar-refractivity contribution is 6.31. The molecule has 140 valence electrons. The summed E-state index contributed by atoms with van der Waals surface area (Å²) in [5.74, 6) is 0.197. The number of nitrogens with zero attached hydrogens (tertiary/aromatic N) is 1. The van der Waals surface area contributed by atoms with Crippen LogP contribution in [0.4, 0.5) is 10.1 Å². The minimum atomic E-state index is -0.561. The van der Waals surface area contributed by atoms with Gasteiger partial charge in [-0.05, 0) is 50.1 Å². The summed E-state index contributed by atoms with van der Waals surface area (Å²) in [7, 11) is 0. The van der Waals surface area contributed by atoms with Gasteiger partial charge >= 0.3 is 0 Å². The highest BCUT2D eigenvalue weighted by Gasteiger charge is 2.21. The minimum Gasteiger partial charge on any atom is -0.488 e. The Morgan fingerprint density at radius 1 is 1.22 bits per heavy atom. The van der Waals surface area contributed by atoms with Crippen LogP contribution in [-0.4, -0.2) is 11.1 Å². The number of anilines is 1. The summed E-state index contributed by atoms with van der Waals surface area (Å²) in [5, 5.41) is 6.39. The smallest absolute Gasteiger partial charge is 0.278 e. The molecule has 1 heterocycles. The number of aryl methyl sites for hydroxylation is 3. The Kier molecular flexibility index (Phi) is 5.46. The number of hydrogen-bond donors (Lipinski definition) is 1. The first kappa shape index (κ1) is 18.9. The third-order valence-corrected chi connectivity index (χ3v) is 4.44. The summed E-state index contributed by atoms with van der Waals surface area (Å²) >= 11 is 5.75. The quantitative estimate of drug-likeness (QED) is 0.650. The van der Waals surface area contributed by atoms with Gasteiger partial charge in [0.25, 0.3) is 5.91 Å². The van der Waals surface area contributed by atoms with Crippen molar-refractivity contribution in [2.45, 2.75) is 27.4 Å². The second kappa shape index (κ2) is 7.80. The van der Waals surface area contributed by atoms with Crippen molar-refractivity contribution in [1.82, 2.24) is 5.16 Å². The Morgan fingerprint density at radius 3 is 2.59 bits per heavy atom. The number of aromatic nitrogens is 1. The number of carbonyl (C=O) groups excluding carboxylic acids is 1. The van der Waals surface area contributed by atoms with Gasteiger partial charge in [-0.3, -0.25) is 4.79 Å². The van der Waals surface area contributed by atoms with Gasteiger partial charge in [0.2, 0.25) is 0 Å². The Labute approximate surface area is 161 Å². The third-order valence-electron chi connectivity index (χ3n) is 4.15. The fourth-order valence-corrected chi connectivity index (χ4v) is 2.86. The maximum absolute atomic E-state index is 13.3. The van der Waals surface area contributed by atoms with Gasteiger partial charge in [0, 0.05) is 5.69 Å². The van der Waals surface area contributed by atoms with Crippen LogP contribution >= 0.6 is 11.6 Å². The van der Waals surface area contributed by atoms with Crippen molar-refractivity contribution in [3.63, 3.8) is 0 Å². The van der Waals surface area contributed by atoms with Crippen molar-refractivity contribution in [3.05, 3.63) is 75.4 Å². The molecule has 0 atom stereocenters. The van der Waals surface area contributed by atoms with Gasteiger partial charge in [-0.15, -0.1) is 0 Å². The molecular weight excluding hydrogens is 371 g/mol. The number of benzene rings is 2. The first-order valence-corrected chi connectivity index (χ1v) is 8.65. The number of amides is 1. The fraction of sp³-hybridized carbons (Fsp3) is 0.200. The van der Waals surface area contributed by atoms with E-state index in [2.05, 4.69) is 10.5 Å². The summed E-state index contributed by atoms with van der Waals surface area (Å²) in [6.07, 6.45) is 0. The predicted molar refractivity (Wildman–Crippen MR) is 101 cm³/mol. The molecule has 0 bridgehead atoms. The number of hydrogen-bond acceptors (Lipinski definition) is 4. The molecule has 7 heteroatoms. The first-order valence-electron chi connectivity index (χ1n) is 8.27. The van der Waals surface area contributed by atoms with E-state index in [-0.39, 0.29) is 17.3 Å². The lowest BCUT2D eigenvalue weighted by Crippen LogP contribution is -2.15. The normalized spacial score (nSPS) is 10.7. The van der Waals surface area contributed by atoms with Crippen LogP contribution in [0.2, 0.25) is 5.02 Å². The first-order chi connectivity index (χ1) is 12.9. The van der Waals surface area contributed by atoms with Crippen molar-refractivity contribution >= 4 is 23.2 Å². The molecule has 0 saturated heterocycles. The van der Waals surface area contributed by atoms with Crippen LogP contribution in [0, 0.1) is 26.6 Å². The Balaban J connectivity index is 1.79. The van der Waals surface area contributed by atoms with Crippen LogP contribution in [0.15, 0.2) is 40.9 Å². The molecule has 3 aromatic rings. The summed E-state index contributed by atoms with van der Waals surface area (Å²) in [5.41, 5.74) is 3.00. The van der Waals surface area contributed by atoms with E-state index in [0.717, 1.165) is 16.9 Å². The van der Waals surface area contributed by atoms with Crippen molar-refractivity contribution in [2.24, 2.45) is 0 Å². The summed E-state index contributed by atoms with van der Waals surface area (Å²) in [6.45, 7) is 5.75. The van der Waals surface area contributed by atoms with E-state index in [9.17, 15) is 9.18 Å². The summed E-state index contributed by atoms with van der Waals surface area (Å²) < 4.78 is 24.4. The standard InChI is InChI=1S/C20H18ClFN2O3/c1-11-5-4-6-12(2)19(11)26-10-15-13(3)27-24-18(15)20(25)23-14-7-8-17(22)16(21)9-14/h4-9H,10H2,1-3H3,(H,23,25). The molecule has 0 fully saturated rings. The van der Waals surface area contributed by atoms with E-state index in [1.807, 2.05) is 32.0 Å². The van der Waals surface area contributed by atoms with E-state index >= 15 is 0 Å². The van der Waals surface area contributed by atoms with E-state index in [4.69, 9.17) is 20.9 Å². The number of carbonyl (C=O) groups is 1. The highest BCUT2D eigenvalue weighted by atomic mass is 35.5. The molecule has 0 aliphatic carbocycles. The molecule has 0 aliphatic heterocycles. The second-order valence-corrected chi connectivity index (χ2v) is 6.57. The summed E-state index contributed by atoms with van der Waals surface area (Å²) in [6, 6.07) is 9.78. The lowest BCUT2D eigenvalue weighted by Gasteiger charge is -2.12. The number of para-hydroxylation sites is 1. The van der Waals surface area contributed by atoms with Crippen molar-refractivity contribution in [2.75, 3.05) is 5.32 Å². The van der Waals surface area contributed by atoms with Crippen LogP contribution in [0.25, 0.3) is 0 Å². The Bertz CT molecular complexity index is 981. The SMILES string of the molecule is Cc1cccc(C)c1OCc1c(C(=O)Nc2ccc(F)c(Cl)c2)noc1C. The van der Waals surface area contributed by atoms with Gasteiger partial charge in [0.1, 0.15) is 23.9 Å². The molecule has 2 aromatic carbocycles. The molecule has 0 saturated carbocycles. The maximum Gasteiger partial charge on any atom is 0.278 e. The summed E-state index contributed by atoms with van der Waals surface area (Å²) in [4.78, 5) is 12.6. The van der Waals surface area contributed by atoms with Crippen molar-refractivity contribution < 1.29 is 18.4 Å². The van der Waals surface area contributed by atoms with Gasteiger partial charge in [-0.2, -0.15) is 0 Å². The molecule has 5 nitrogen and oxygen atoms in total. The van der Waals surface area contributed by atoms with E-state index in [1.165, 1.54) is 18.2 Å². The molecule has 1 amide bonds. The van der Waals surface area contributed by atoms with Crippen LogP contribution < -0.4 is 10.1 Å². The molecule has 3 rings (SSSR count). The van der Waals surface area contributed by atoms with Crippen LogP contribution in [0.5, 0.6) is 5.75 Å². The number of ether oxygens (including phenoxy) is 1. The zero-order valence-corrected chi connectivity index (χ0v) is 15.9. The lowest BCUT2D eigenvalue weighted by molar-refractivity contribution is 0.101. The average Bonchev–Trinajstić information content (AvgIpc) is 2.99. The van der Waals surface area contributed by atoms with Crippen molar-refractivity contribution in [3.8, 4) is 5.75 Å². The second-order valence-electron chi connectivity index (χ2n) is 6.16. The van der Waals surface area contributed by atoms with E-state index in [1.54, 1.807) is 6.92 Å². The zero-order valence-electron chi connectivity index (χ0n) is 15.1. The third kappa shape index (κ3) is 4.11. The monoisotopic (exact) mass is 388 g/mol. The van der Waals surface area contributed by atoms with Gasteiger partial charge in [-0.25, -0.2) is 4.39 Å². The van der Waals surface area contributed by atoms with Crippen LogP contribution in [0.3, 0.4) is 0 Å². The zero-order chi connectivity index (χ0) is 19.6. The molecule has 0 radical (unpaired) electrons.